The molecule has 0 aliphatic carbocycles. The molecule has 2 aromatic carbocycles. The maximum absolute atomic E-state index is 11.3. The average molecular weight is 435 g/mol. The molecule has 0 spiro atoms. The molecule has 4 aromatic rings. The number of benzene rings is 2. The predicted molar refractivity (Wildman–Crippen MR) is 115 cm³/mol. The molecule has 144 valence electrons. The molecular weight excluding hydrogens is 419 g/mol. The number of fused-ring (bicyclic) bond motifs is 1. The Morgan fingerprint density at radius 3 is 2.89 bits per heavy atom. The minimum Gasteiger partial charge on any atom is -0.408 e. The number of thiazole rings is 1. The van der Waals surface area contributed by atoms with Crippen molar-refractivity contribution in [1.29, 1.82) is 0 Å². The highest BCUT2D eigenvalue weighted by Gasteiger charge is 2.10. The number of nitrogens with one attached hydrogen (secondary N) is 2. The van der Waals surface area contributed by atoms with Crippen LogP contribution in [0, 0.1) is 0 Å². The molecule has 0 fully saturated rings. The Labute approximate surface area is 174 Å². The monoisotopic (exact) mass is 434 g/mol. The van der Waals surface area contributed by atoms with Crippen molar-refractivity contribution in [3.63, 3.8) is 0 Å². The van der Waals surface area contributed by atoms with E-state index in [9.17, 15) is 4.79 Å². The number of nitrogens with two attached hydrogens (primary N) is 1. The van der Waals surface area contributed by atoms with Gasteiger partial charge in [0.05, 0.1) is 20.4 Å². The maximum atomic E-state index is 11.3. The van der Waals surface area contributed by atoms with Crippen LogP contribution in [0.3, 0.4) is 0 Å². The van der Waals surface area contributed by atoms with Crippen molar-refractivity contribution < 1.29 is 4.42 Å². The Hall–Kier alpha value is -2.32. The van der Waals surface area contributed by atoms with Crippen molar-refractivity contribution in [3.05, 3.63) is 68.8 Å². The van der Waals surface area contributed by atoms with Crippen molar-refractivity contribution in [2.24, 2.45) is 5.73 Å². The highest BCUT2D eigenvalue weighted by Crippen LogP contribution is 2.30. The molecule has 4 N–H and O–H groups in total. The van der Waals surface area contributed by atoms with Gasteiger partial charge in [-0.05, 0) is 41.8 Å². The Morgan fingerprint density at radius 2 is 2.07 bits per heavy atom. The lowest BCUT2D eigenvalue weighted by Crippen LogP contribution is -2.31. The first-order chi connectivity index (χ1) is 13.5. The summed E-state index contributed by atoms with van der Waals surface area (Å²) < 4.78 is 5.11. The van der Waals surface area contributed by atoms with Crippen molar-refractivity contribution >= 4 is 50.8 Å². The van der Waals surface area contributed by atoms with Gasteiger partial charge in [-0.1, -0.05) is 46.7 Å². The number of aromatic nitrogens is 2. The van der Waals surface area contributed by atoms with Crippen LogP contribution >= 0.6 is 34.5 Å². The molecule has 2 heterocycles. The fourth-order valence-electron chi connectivity index (χ4n) is 2.85. The van der Waals surface area contributed by atoms with Gasteiger partial charge in [0, 0.05) is 18.8 Å². The highest BCUT2D eigenvalue weighted by molar-refractivity contribution is 7.18. The van der Waals surface area contributed by atoms with E-state index in [1.165, 1.54) is 11.3 Å². The molecular formula is C19H16Cl2N4O2S. The SMILES string of the molecule is NC(CNc1ncc(-c2ccc3[nH]c(=O)oc3c2)s1)Cc1ccc(Cl)c(Cl)c1. The summed E-state index contributed by atoms with van der Waals surface area (Å²) >= 11 is 13.5. The average Bonchev–Trinajstić information content (AvgIpc) is 3.28. The summed E-state index contributed by atoms with van der Waals surface area (Å²) in [4.78, 5) is 19.3. The third-order valence-corrected chi connectivity index (χ3v) is 5.95. The van der Waals surface area contributed by atoms with E-state index in [0.717, 1.165) is 21.1 Å². The van der Waals surface area contributed by atoms with Crippen LogP contribution in [0.25, 0.3) is 21.5 Å². The van der Waals surface area contributed by atoms with Crippen molar-refractivity contribution in [3.8, 4) is 10.4 Å². The lowest BCUT2D eigenvalue weighted by molar-refractivity contribution is 0.555. The molecule has 1 unspecified atom stereocenters. The van der Waals surface area contributed by atoms with E-state index in [2.05, 4.69) is 15.3 Å². The molecule has 9 heteroatoms. The van der Waals surface area contributed by atoms with E-state index in [1.807, 2.05) is 30.3 Å². The van der Waals surface area contributed by atoms with Gasteiger partial charge in [-0.15, -0.1) is 0 Å². The second-order valence-electron chi connectivity index (χ2n) is 6.35. The van der Waals surface area contributed by atoms with Crippen molar-refractivity contribution in [2.45, 2.75) is 12.5 Å². The second-order valence-corrected chi connectivity index (χ2v) is 8.19. The van der Waals surface area contributed by atoms with E-state index in [1.54, 1.807) is 12.3 Å². The van der Waals surface area contributed by atoms with Crippen molar-refractivity contribution in [2.75, 3.05) is 11.9 Å². The zero-order valence-electron chi connectivity index (χ0n) is 14.5. The zero-order valence-corrected chi connectivity index (χ0v) is 16.9. The van der Waals surface area contributed by atoms with E-state index in [0.29, 0.717) is 34.1 Å². The predicted octanol–water partition coefficient (Wildman–Crippen LogP) is 4.53. The molecule has 4 rings (SSSR count). The van der Waals surface area contributed by atoms with Gasteiger partial charge >= 0.3 is 5.76 Å². The quantitative estimate of drug-likeness (QED) is 0.413. The van der Waals surface area contributed by atoms with Gasteiger partial charge in [0.1, 0.15) is 0 Å². The van der Waals surface area contributed by atoms with Crippen LogP contribution in [0.4, 0.5) is 5.13 Å². The number of rotatable bonds is 6. The zero-order chi connectivity index (χ0) is 19.7. The van der Waals surface area contributed by atoms with Crippen LogP contribution in [0.1, 0.15) is 5.56 Å². The Balaban J connectivity index is 1.39. The minimum absolute atomic E-state index is 0.102. The normalized spacial score (nSPS) is 12.4. The smallest absolute Gasteiger partial charge is 0.408 e. The molecule has 0 aliphatic rings. The third-order valence-electron chi connectivity index (χ3n) is 4.21. The molecule has 6 nitrogen and oxygen atoms in total. The largest absolute Gasteiger partial charge is 0.417 e. The number of H-pyrrole nitrogens is 1. The summed E-state index contributed by atoms with van der Waals surface area (Å²) in [5.74, 6) is -0.463. The maximum Gasteiger partial charge on any atom is 0.417 e. The molecule has 1 atom stereocenters. The minimum atomic E-state index is -0.463. The lowest BCUT2D eigenvalue weighted by Gasteiger charge is -2.12. The summed E-state index contributed by atoms with van der Waals surface area (Å²) in [6, 6.07) is 11.0. The second kappa shape index (κ2) is 7.97. The fourth-order valence-corrected chi connectivity index (χ4v) is 3.99. The number of halogens is 2. The Bertz CT molecular complexity index is 1180. The summed E-state index contributed by atoms with van der Waals surface area (Å²) in [6.45, 7) is 0.568. The van der Waals surface area contributed by atoms with E-state index < -0.39 is 5.76 Å². The van der Waals surface area contributed by atoms with Crippen LogP contribution < -0.4 is 16.8 Å². The first kappa shape index (κ1) is 19.0. The Morgan fingerprint density at radius 1 is 1.21 bits per heavy atom. The first-order valence-corrected chi connectivity index (χ1v) is 10.1. The van der Waals surface area contributed by atoms with E-state index >= 15 is 0 Å². The number of hydrogen-bond donors (Lipinski definition) is 3. The lowest BCUT2D eigenvalue weighted by atomic mass is 10.1. The number of aromatic amines is 1. The molecule has 0 saturated heterocycles. The summed E-state index contributed by atoms with van der Waals surface area (Å²) in [7, 11) is 0. The van der Waals surface area contributed by atoms with E-state index in [-0.39, 0.29) is 6.04 Å². The van der Waals surface area contributed by atoms with Gasteiger partial charge in [0.15, 0.2) is 10.7 Å². The van der Waals surface area contributed by atoms with Gasteiger partial charge in [-0.2, -0.15) is 0 Å². The van der Waals surface area contributed by atoms with Gasteiger partial charge in [-0.3, -0.25) is 4.98 Å². The first-order valence-electron chi connectivity index (χ1n) is 8.50. The Kier molecular flexibility index (Phi) is 5.41. The molecule has 2 aromatic heterocycles. The van der Waals surface area contributed by atoms with E-state index in [4.69, 9.17) is 33.4 Å². The standard InChI is InChI=1S/C19H16Cl2N4O2S/c20-13-3-1-10(6-14(13)21)5-12(22)8-23-18-24-9-17(28-18)11-2-4-15-16(7-11)27-19(26)25-15/h1-4,6-7,9,12H,5,8,22H2,(H,23,24)(H,25,26). The summed E-state index contributed by atoms with van der Waals surface area (Å²) in [6.07, 6.45) is 2.45. The molecule has 0 radical (unpaired) electrons. The summed E-state index contributed by atoms with van der Waals surface area (Å²) in [5, 5.41) is 5.10. The van der Waals surface area contributed by atoms with Crippen LogP contribution in [0.2, 0.25) is 10.0 Å². The van der Waals surface area contributed by atoms with Gasteiger partial charge in [0.2, 0.25) is 0 Å². The number of oxazole rings is 1. The van der Waals surface area contributed by atoms with Gasteiger partial charge in [0.25, 0.3) is 0 Å². The van der Waals surface area contributed by atoms with Crippen molar-refractivity contribution in [1.82, 2.24) is 9.97 Å². The molecule has 0 amide bonds. The highest BCUT2D eigenvalue weighted by atomic mass is 35.5. The molecule has 0 saturated carbocycles. The van der Waals surface area contributed by atoms with Crippen LogP contribution in [0.5, 0.6) is 0 Å². The molecule has 0 aliphatic heterocycles. The van der Waals surface area contributed by atoms with Crippen LogP contribution in [-0.4, -0.2) is 22.6 Å². The fraction of sp³-hybridized carbons (Fsp3) is 0.158. The van der Waals surface area contributed by atoms with Gasteiger partial charge in [-0.25, -0.2) is 9.78 Å². The number of hydrogen-bond acceptors (Lipinski definition) is 6. The van der Waals surface area contributed by atoms with Crippen LogP contribution in [-0.2, 0) is 6.42 Å². The topological polar surface area (TPSA) is 96.9 Å². The number of anilines is 1. The molecule has 28 heavy (non-hydrogen) atoms. The molecule has 0 bridgehead atoms. The van der Waals surface area contributed by atoms with Crippen LogP contribution in [0.15, 0.2) is 51.8 Å². The van der Waals surface area contributed by atoms with Gasteiger partial charge < -0.3 is 15.5 Å². The third kappa shape index (κ3) is 4.23. The number of nitrogens with zero attached hydrogens (tertiary/aromatic N) is 1. The summed E-state index contributed by atoms with van der Waals surface area (Å²) in [5.41, 5.74) is 9.37.